The number of amides is 2. The van der Waals surface area contributed by atoms with Crippen molar-refractivity contribution in [1.29, 1.82) is 0 Å². The topological polar surface area (TPSA) is 74.5 Å². The largest absolute Gasteiger partial charge is 0.340 e. The van der Waals surface area contributed by atoms with Crippen LogP contribution in [-0.2, 0) is 0 Å². The van der Waals surface area contributed by atoms with E-state index >= 15 is 0 Å². The zero-order valence-corrected chi connectivity index (χ0v) is 13.5. The minimum atomic E-state index is -2.35. The monoisotopic (exact) mass is 331 g/mol. The average Bonchev–Trinajstić information content (AvgIpc) is 2.79. The molecule has 1 aliphatic heterocycles. The molecular weight excluding hydrogens is 308 g/mol. The molecule has 2 heterocycles. The number of rotatable bonds is 5. The molecule has 0 spiro atoms. The molecule has 0 aliphatic carbocycles. The van der Waals surface area contributed by atoms with Gasteiger partial charge in [0.25, 0.3) is 6.43 Å². The fourth-order valence-corrected chi connectivity index (χ4v) is 2.60. The molecule has 23 heavy (non-hydrogen) atoms. The van der Waals surface area contributed by atoms with Crippen molar-refractivity contribution in [2.24, 2.45) is 0 Å². The highest BCUT2D eigenvalue weighted by Crippen LogP contribution is 2.14. The second-order valence-electron chi connectivity index (χ2n) is 5.61. The van der Waals surface area contributed by atoms with Gasteiger partial charge in [-0.25, -0.2) is 13.6 Å². The van der Waals surface area contributed by atoms with Gasteiger partial charge in [0.1, 0.15) is 0 Å². The van der Waals surface area contributed by atoms with Gasteiger partial charge in [-0.3, -0.25) is 4.90 Å². The third kappa shape index (κ3) is 5.12. The Kier molecular flexibility index (Phi) is 6.26. The van der Waals surface area contributed by atoms with Crippen molar-refractivity contribution in [3.8, 4) is 0 Å². The van der Waals surface area contributed by atoms with E-state index in [0.717, 1.165) is 0 Å². The van der Waals surface area contributed by atoms with Crippen molar-refractivity contribution in [3.05, 3.63) is 11.7 Å². The molecule has 0 radical (unpaired) electrons. The van der Waals surface area contributed by atoms with Gasteiger partial charge in [-0.15, -0.1) is 0 Å². The van der Waals surface area contributed by atoms with E-state index in [1.165, 1.54) is 0 Å². The summed E-state index contributed by atoms with van der Waals surface area (Å²) >= 11 is 0. The molecule has 1 aliphatic rings. The number of hydrogen-bond acceptors (Lipinski definition) is 5. The second-order valence-corrected chi connectivity index (χ2v) is 5.61. The first kappa shape index (κ1) is 17.6. The van der Waals surface area contributed by atoms with Crippen molar-refractivity contribution in [2.45, 2.75) is 39.2 Å². The van der Waals surface area contributed by atoms with Crippen molar-refractivity contribution in [1.82, 2.24) is 25.3 Å². The van der Waals surface area contributed by atoms with E-state index in [1.54, 1.807) is 16.7 Å². The number of carbonyl (C=O) groups is 1. The van der Waals surface area contributed by atoms with Gasteiger partial charge in [-0.05, 0) is 12.8 Å². The summed E-state index contributed by atoms with van der Waals surface area (Å²) in [4.78, 5) is 19.9. The van der Waals surface area contributed by atoms with Gasteiger partial charge in [0.2, 0.25) is 5.89 Å². The molecule has 2 amide bonds. The molecule has 1 aromatic rings. The molecule has 1 N–H and O–H groups in total. The minimum absolute atomic E-state index is 0.224. The number of hydrogen-bond donors (Lipinski definition) is 1. The molecule has 130 valence electrons. The van der Waals surface area contributed by atoms with Gasteiger partial charge in [-0.1, -0.05) is 12.1 Å². The lowest BCUT2D eigenvalue weighted by Crippen LogP contribution is -2.43. The van der Waals surface area contributed by atoms with Crippen LogP contribution in [0, 0.1) is 6.92 Å². The van der Waals surface area contributed by atoms with Crippen molar-refractivity contribution in [3.63, 3.8) is 0 Å². The Morgan fingerprint density at radius 3 is 2.74 bits per heavy atom. The van der Waals surface area contributed by atoms with E-state index in [4.69, 9.17) is 4.52 Å². The normalized spacial score (nSPS) is 18.0. The smallest absolute Gasteiger partial charge is 0.318 e. The van der Waals surface area contributed by atoms with Gasteiger partial charge in [0.05, 0.1) is 12.6 Å². The molecular formula is C14H23F2N5O2. The standard InChI is InChI=1S/C14H23F2N5O2/c1-3-11(13-17-10(2)23-19-13)18-14(22)21-6-4-5-20(7-8-21)9-12(15)16/h11-12H,3-9H2,1-2H3,(H,18,22)/t11-/m0/s1. The zero-order chi connectivity index (χ0) is 16.8. The summed E-state index contributed by atoms with van der Waals surface area (Å²) < 4.78 is 29.9. The quantitative estimate of drug-likeness (QED) is 0.891. The van der Waals surface area contributed by atoms with Gasteiger partial charge in [0.15, 0.2) is 5.82 Å². The molecule has 0 saturated carbocycles. The molecule has 0 unspecified atom stereocenters. The van der Waals surface area contributed by atoms with Gasteiger partial charge >= 0.3 is 6.03 Å². The number of aromatic nitrogens is 2. The van der Waals surface area contributed by atoms with Crippen LogP contribution in [0.5, 0.6) is 0 Å². The fraction of sp³-hybridized carbons (Fsp3) is 0.786. The van der Waals surface area contributed by atoms with Crippen LogP contribution in [-0.4, -0.2) is 65.1 Å². The molecule has 1 fully saturated rings. The Labute approximate surface area is 134 Å². The molecule has 2 rings (SSSR count). The van der Waals surface area contributed by atoms with E-state index < -0.39 is 6.43 Å². The molecule has 1 aromatic heterocycles. The maximum absolute atomic E-state index is 12.5. The summed E-state index contributed by atoms with van der Waals surface area (Å²) in [6, 6.07) is -0.543. The number of aryl methyl sites for hydroxylation is 1. The van der Waals surface area contributed by atoms with Crippen LogP contribution in [0.25, 0.3) is 0 Å². The number of carbonyl (C=O) groups excluding carboxylic acids is 1. The number of alkyl halides is 2. The summed E-state index contributed by atoms with van der Waals surface area (Å²) in [6.45, 7) is 5.38. The Balaban J connectivity index is 1.89. The van der Waals surface area contributed by atoms with Crippen LogP contribution in [0.2, 0.25) is 0 Å². The third-order valence-corrected chi connectivity index (χ3v) is 3.83. The van der Waals surface area contributed by atoms with Crippen LogP contribution in [0.3, 0.4) is 0 Å². The minimum Gasteiger partial charge on any atom is -0.340 e. The van der Waals surface area contributed by atoms with E-state index in [2.05, 4.69) is 15.5 Å². The Bertz CT molecular complexity index is 511. The number of nitrogens with one attached hydrogen (secondary N) is 1. The first-order valence-electron chi connectivity index (χ1n) is 7.85. The van der Waals surface area contributed by atoms with Gasteiger partial charge < -0.3 is 14.7 Å². The first-order valence-corrected chi connectivity index (χ1v) is 7.85. The van der Waals surface area contributed by atoms with E-state index in [0.29, 0.717) is 50.7 Å². The lowest BCUT2D eigenvalue weighted by Gasteiger charge is -2.24. The maximum atomic E-state index is 12.5. The number of urea groups is 1. The lowest BCUT2D eigenvalue weighted by molar-refractivity contribution is 0.0903. The van der Waals surface area contributed by atoms with Gasteiger partial charge in [-0.2, -0.15) is 4.98 Å². The van der Waals surface area contributed by atoms with Gasteiger partial charge in [0, 0.05) is 33.1 Å². The fourth-order valence-electron chi connectivity index (χ4n) is 2.60. The molecule has 0 aromatic carbocycles. The first-order chi connectivity index (χ1) is 11.0. The van der Waals surface area contributed by atoms with Crippen LogP contribution >= 0.6 is 0 Å². The lowest BCUT2D eigenvalue weighted by atomic mass is 10.2. The number of nitrogens with zero attached hydrogens (tertiary/aromatic N) is 4. The molecule has 1 saturated heterocycles. The van der Waals surface area contributed by atoms with E-state index in [9.17, 15) is 13.6 Å². The van der Waals surface area contributed by atoms with Crippen molar-refractivity contribution in [2.75, 3.05) is 32.7 Å². The highest BCUT2D eigenvalue weighted by Gasteiger charge is 2.24. The number of halogens is 2. The summed E-state index contributed by atoms with van der Waals surface area (Å²) in [5.74, 6) is 0.901. The van der Waals surface area contributed by atoms with Crippen LogP contribution in [0.15, 0.2) is 4.52 Å². The molecule has 9 heteroatoms. The Morgan fingerprint density at radius 2 is 2.13 bits per heavy atom. The second kappa shape index (κ2) is 8.19. The van der Waals surface area contributed by atoms with Crippen molar-refractivity contribution < 1.29 is 18.1 Å². The van der Waals surface area contributed by atoms with Crippen LogP contribution in [0.1, 0.15) is 37.5 Å². The molecule has 1 atom stereocenters. The highest BCUT2D eigenvalue weighted by atomic mass is 19.3. The maximum Gasteiger partial charge on any atom is 0.318 e. The molecule has 0 bridgehead atoms. The van der Waals surface area contributed by atoms with Crippen LogP contribution in [0.4, 0.5) is 13.6 Å². The highest BCUT2D eigenvalue weighted by molar-refractivity contribution is 5.74. The van der Waals surface area contributed by atoms with E-state index in [1.807, 2.05) is 6.92 Å². The van der Waals surface area contributed by atoms with Crippen molar-refractivity contribution >= 4 is 6.03 Å². The summed E-state index contributed by atoms with van der Waals surface area (Å²) in [7, 11) is 0. The summed E-state index contributed by atoms with van der Waals surface area (Å²) in [5.41, 5.74) is 0. The third-order valence-electron chi connectivity index (χ3n) is 3.83. The summed E-state index contributed by atoms with van der Waals surface area (Å²) in [5, 5.41) is 6.72. The Morgan fingerprint density at radius 1 is 1.35 bits per heavy atom. The SMILES string of the molecule is CC[C@H](NC(=O)N1CCCN(CC(F)F)CC1)c1noc(C)n1. The molecule has 7 nitrogen and oxygen atoms in total. The van der Waals surface area contributed by atoms with Crippen LogP contribution < -0.4 is 5.32 Å². The average molecular weight is 331 g/mol. The Hall–Kier alpha value is -1.77. The summed E-state index contributed by atoms with van der Waals surface area (Å²) in [6.07, 6.45) is -1.03. The van der Waals surface area contributed by atoms with E-state index in [-0.39, 0.29) is 18.6 Å². The predicted octanol–water partition coefficient (Wildman–Crippen LogP) is 1.81. The zero-order valence-electron chi connectivity index (χ0n) is 13.5. The predicted molar refractivity (Wildman–Crippen MR) is 79.2 cm³/mol.